The SMILES string of the molecule is Nc1csc(NCc2ccccc2)c1. The second-order valence-electron chi connectivity index (χ2n) is 3.08. The molecule has 0 spiro atoms. The molecule has 1 aromatic carbocycles. The van der Waals surface area contributed by atoms with Crippen molar-refractivity contribution in [3.05, 3.63) is 47.3 Å². The van der Waals surface area contributed by atoms with Crippen LogP contribution < -0.4 is 11.1 Å². The van der Waals surface area contributed by atoms with Crippen LogP contribution in [-0.2, 0) is 6.54 Å². The zero-order chi connectivity index (χ0) is 9.80. The van der Waals surface area contributed by atoms with Gasteiger partial charge in [-0.15, -0.1) is 11.3 Å². The molecule has 1 heterocycles. The molecule has 72 valence electrons. The summed E-state index contributed by atoms with van der Waals surface area (Å²) < 4.78 is 0. The maximum absolute atomic E-state index is 5.62. The lowest BCUT2D eigenvalue weighted by atomic mass is 10.2. The minimum atomic E-state index is 0.825. The Bertz CT molecular complexity index is 395. The van der Waals surface area contributed by atoms with Crippen LogP contribution >= 0.6 is 11.3 Å². The van der Waals surface area contributed by atoms with Crippen molar-refractivity contribution in [2.24, 2.45) is 0 Å². The predicted octanol–water partition coefficient (Wildman–Crippen LogP) is 2.94. The summed E-state index contributed by atoms with van der Waals surface area (Å²) >= 11 is 1.63. The van der Waals surface area contributed by atoms with Crippen LogP contribution in [0.5, 0.6) is 0 Å². The summed E-state index contributed by atoms with van der Waals surface area (Å²) in [4.78, 5) is 0. The van der Waals surface area contributed by atoms with Gasteiger partial charge in [-0.05, 0) is 11.6 Å². The first kappa shape index (κ1) is 9.09. The summed E-state index contributed by atoms with van der Waals surface area (Å²) in [6.07, 6.45) is 0. The van der Waals surface area contributed by atoms with Crippen molar-refractivity contribution in [2.75, 3.05) is 11.1 Å². The summed E-state index contributed by atoms with van der Waals surface area (Å²) in [6.45, 7) is 0.848. The number of anilines is 2. The van der Waals surface area contributed by atoms with E-state index in [9.17, 15) is 0 Å². The molecule has 0 bridgehead atoms. The molecule has 0 amide bonds. The molecule has 0 aliphatic carbocycles. The zero-order valence-corrected chi connectivity index (χ0v) is 8.55. The van der Waals surface area contributed by atoms with Crippen molar-refractivity contribution in [2.45, 2.75) is 6.54 Å². The lowest BCUT2D eigenvalue weighted by Crippen LogP contribution is -1.96. The fraction of sp³-hybridized carbons (Fsp3) is 0.0909. The molecule has 0 saturated heterocycles. The second kappa shape index (κ2) is 4.15. The highest BCUT2D eigenvalue weighted by molar-refractivity contribution is 7.14. The van der Waals surface area contributed by atoms with Crippen LogP contribution in [0.2, 0.25) is 0 Å². The number of hydrogen-bond acceptors (Lipinski definition) is 3. The van der Waals surface area contributed by atoms with E-state index in [2.05, 4.69) is 17.4 Å². The second-order valence-corrected chi connectivity index (χ2v) is 3.99. The van der Waals surface area contributed by atoms with Crippen LogP contribution in [0.15, 0.2) is 41.8 Å². The van der Waals surface area contributed by atoms with Crippen molar-refractivity contribution < 1.29 is 0 Å². The van der Waals surface area contributed by atoms with Gasteiger partial charge in [-0.2, -0.15) is 0 Å². The topological polar surface area (TPSA) is 38.0 Å². The van der Waals surface area contributed by atoms with E-state index in [1.807, 2.05) is 29.6 Å². The molecule has 0 unspecified atom stereocenters. The molecule has 2 nitrogen and oxygen atoms in total. The van der Waals surface area contributed by atoms with Crippen LogP contribution in [0.1, 0.15) is 5.56 Å². The van der Waals surface area contributed by atoms with E-state index in [4.69, 9.17) is 5.73 Å². The quantitative estimate of drug-likeness (QED) is 0.806. The average molecular weight is 204 g/mol. The van der Waals surface area contributed by atoms with E-state index in [1.165, 1.54) is 5.56 Å². The number of thiophene rings is 1. The summed E-state index contributed by atoms with van der Waals surface area (Å²) in [5, 5.41) is 6.38. The first-order valence-electron chi connectivity index (χ1n) is 4.46. The third-order valence-electron chi connectivity index (χ3n) is 1.93. The average Bonchev–Trinajstić information content (AvgIpc) is 2.63. The summed E-state index contributed by atoms with van der Waals surface area (Å²) in [5.74, 6) is 0. The highest BCUT2D eigenvalue weighted by Gasteiger charge is 1.95. The normalized spacial score (nSPS) is 10.0. The van der Waals surface area contributed by atoms with Gasteiger partial charge in [0.15, 0.2) is 0 Å². The van der Waals surface area contributed by atoms with Crippen LogP contribution in [0.25, 0.3) is 0 Å². The van der Waals surface area contributed by atoms with Gasteiger partial charge in [-0.3, -0.25) is 0 Å². The Labute approximate surface area is 87.4 Å². The fourth-order valence-corrected chi connectivity index (χ4v) is 1.92. The van der Waals surface area contributed by atoms with Gasteiger partial charge in [0.05, 0.1) is 5.00 Å². The van der Waals surface area contributed by atoms with E-state index < -0.39 is 0 Å². The highest BCUT2D eigenvalue weighted by Crippen LogP contribution is 2.22. The van der Waals surface area contributed by atoms with E-state index in [1.54, 1.807) is 11.3 Å². The van der Waals surface area contributed by atoms with Gasteiger partial charge in [0.25, 0.3) is 0 Å². The highest BCUT2D eigenvalue weighted by atomic mass is 32.1. The van der Waals surface area contributed by atoms with Crippen molar-refractivity contribution in [3.63, 3.8) is 0 Å². The number of nitrogens with one attached hydrogen (secondary N) is 1. The summed E-state index contributed by atoms with van der Waals surface area (Å²) in [7, 11) is 0. The van der Waals surface area contributed by atoms with Crippen LogP contribution in [0, 0.1) is 0 Å². The molecule has 1 aromatic heterocycles. The lowest BCUT2D eigenvalue weighted by Gasteiger charge is -2.02. The summed E-state index contributed by atoms with van der Waals surface area (Å²) in [5.41, 5.74) is 7.72. The maximum atomic E-state index is 5.62. The molecule has 0 saturated carbocycles. The van der Waals surface area contributed by atoms with Gasteiger partial charge in [0.2, 0.25) is 0 Å². The Kier molecular flexibility index (Phi) is 2.70. The first-order chi connectivity index (χ1) is 6.84. The number of benzene rings is 1. The van der Waals surface area contributed by atoms with Crippen molar-refractivity contribution in [3.8, 4) is 0 Å². The predicted molar refractivity (Wildman–Crippen MR) is 62.5 cm³/mol. The Morgan fingerprint density at radius 1 is 1.21 bits per heavy atom. The van der Waals surface area contributed by atoms with Crippen LogP contribution in [0.4, 0.5) is 10.7 Å². The number of nitrogens with two attached hydrogens (primary N) is 1. The van der Waals surface area contributed by atoms with Crippen molar-refractivity contribution in [1.82, 2.24) is 0 Å². The van der Waals surface area contributed by atoms with Gasteiger partial charge in [0.1, 0.15) is 0 Å². The molecule has 2 aromatic rings. The Hall–Kier alpha value is -1.48. The molecular weight excluding hydrogens is 192 g/mol. The van der Waals surface area contributed by atoms with Gasteiger partial charge in [-0.25, -0.2) is 0 Å². The molecule has 14 heavy (non-hydrogen) atoms. The maximum Gasteiger partial charge on any atom is 0.0906 e. The third-order valence-corrected chi connectivity index (χ3v) is 2.84. The number of rotatable bonds is 3. The van der Waals surface area contributed by atoms with Gasteiger partial charge in [-0.1, -0.05) is 30.3 Å². The molecule has 3 N–H and O–H groups in total. The minimum Gasteiger partial charge on any atom is -0.398 e. The molecule has 2 rings (SSSR count). The minimum absolute atomic E-state index is 0.825. The monoisotopic (exact) mass is 204 g/mol. The molecule has 0 aliphatic rings. The van der Waals surface area contributed by atoms with E-state index in [-0.39, 0.29) is 0 Å². The molecule has 3 heteroatoms. The largest absolute Gasteiger partial charge is 0.398 e. The Morgan fingerprint density at radius 2 is 2.00 bits per heavy atom. The van der Waals surface area contributed by atoms with E-state index >= 15 is 0 Å². The molecule has 0 atom stereocenters. The summed E-state index contributed by atoms with van der Waals surface area (Å²) in [6, 6.07) is 12.3. The molecular formula is C11H12N2S. The zero-order valence-electron chi connectivity index (χ0n) is 7.73. The van der Waals surface area contributed by atoms with Crippen LogP contribution in [-0.4, -0.2) is 0 Å². The lowest BCUT2D eigenvalue weighted by molar-refractivity contribution is 1.16. The third kappa shape index (κ3) is 2.26. The van der Waals surface area contributed by atoms with Crippen LogP contribution in [0.3, 0.4) is 0 Å². The Morgan fingerprint density at radius 3 is 2.64 bits per heavy atom. The van der Waals surface area contributed by atoms with Gasteiger partial charge in [0, 0.05) is 17.6 Å². The Balaban J connectivity index is 1.95. The fourth-order valence-electron chi connectivity index (χ4n) is 1.23. The smallest absolute Gasteiger partial charge is 0.0906 e. The number of hydrogen-bond donors (Lipinski definition) is 2. The molecule has 0 aliphatic heterocycles. The standard InChI is InChI=1S/C11H12N2S/c12-10-6-11(14-8-10)13-7-9-4-2-1-3-5-9/h1-6,8,13H,7,12H2. The van der Waals surface area contributed by atoms with E-state index in [0.29, 0.717) is 0 Å². The van der Waals surface area contributed by atoms with Crippen molar-refractivity contribution in [1.29, 1.82) is 0 Å². The molecule has 0 radical (unpaired) electrons. The molecule has 0 fully saturated rings. The number of nitrogen functional groups attached to an aromatic ring is 1. The van der Waals surface area contributed by atoms with E-state index in [0.717, 1.165) is 17.2 Å². The van der Waals surface area contributed by atoms with Gasteiger partial charge >= 0.3 is 0 Å². The first-order valence-corrected chi connectivity index (χ1v) is 5.34. The van der Waals surface area contributed by atoms with Crippen molar-refractivity contribution >= 4 is 22.0 Å². The van der Waals surface area contributed by atoms with Gasteiger partial charge < -0.3 is 11.1 Å².